The molecule has 0 amide bonds. The molecule has 1 aromatic rings. The lowest BCUT2D eigenvalue weighted by atomic mass is 10.1. The van der Waals surface area contributed by atoms with Crippen molar-refractivity contribution in [2.24, 2.45) is 5.92 Å². The van der Waals surface area contributed by atoms with Crippen LogP contribution in [0, 0.1) is 5.92 Å². The Morgan fingerprint density at radius 1 is 1.41 bits per heavy atom. The van der Waals surface area contributed by atoms with Gasteiger partial charge in [-0.1, -0.05) is 37.0 Å². The molecule has 0 aliphatic rings. The summed E-state index contributed by atoms with van der Waals surface area (Å²) in [5.41, 5.74) is 0.252. The minimum atomic E-state index is -0.465. The van der Waals surface area contributed by atoms with E-state index in [9.17, 15) is 4.79 Å². The zero-order chi connectivity index (χ0) is 13.0. The van der Waals surface area contributed by atoms with Crippen LogP contribution in [0.5, 0.6) is 0 Å². The minimum Gasteiger partial charge on any atom is -0.459 e. The predicted molar refractivity (Wildman–Crippen MR) is 68.6 cm³/mol. The van der Waals surface area contributed by atoms with Gasteiger partial charge in [-0.05, 0) is 25.3 Å². The number of pyridine rings is 1. The summed E-state index contributed by atoms with van der Waals surface area (Å²) in [6, 6.07) is 1.41. The second-order valence-electron chi connectivity index (χ2n) is 4.33. The van der Waals surface area contributed by atoms with Crippen molar-refractivity contribution in [2.75, 3.05) is 0 Å². The molecule has 0 aromatic carbocycles. The van der Waals surface area contributed by atoms with Crippen LogP contribution in [0.15, 0.2) is 12.3 Å². The van der Waals surface area contributed by atoms with Gasteiger partial charge in [0.15, 0.2) is 0 Å². The van der Waals surface area contributed by atoms with Gasteiger partial charge in [-0.15, -0.1) is 0 Å². The summed E-state index contributed by atoms with van der Waals surface area (Å²) in [6.45, 7) is 6.00. The first-order chi connectivity index (χ1) is 7.90. The normalized spacial score (nSPS) is 12.6. The number of nitrogens with zero attached hydrogens (tertiary/aromatic N) is 1. The van der Waals surface area contributed by atoms with Crippen LogP contribution < -0.4 is 0 Å². The average Bonchev–Trinajstić information content (AvgIpc) is 2.20. The maximum Gasteiger partial charge on any atom is 0.340 e. The number of rotatable bonds is 4. The number of esters is 1. The van der Waals surface area contributed by atoms with Gasteiger partial charge in [-0.2, -0.15) is 0 Å². The van der Waals surface area contributed by atoms with Crippen LogP contribution in [-0.4, -0.2) is 17.1 Å². The van der Waals surface area contributed by atoms with Crippen LogP contribution >= 0.6 is 23.2 Å². The van der Waals surface area contributed by atoms with Gasteiger partial charge in [0.1, 0.15) is 5.15 Å². The van der Waals surface area contributed by atoms with Crippen molar-refractivity contribution in [3.05, 3.63) is 28.0 Å². The fourth-order valence-corrected chi connectivity index (χ4v) is 1.87. The molecule has 0 fully saturated rings. The first-order valence-corrected chi connectivity index (χ1v) is 6.17. The SMILES string of the molecule is CC(C)CC(C)OC(=O)c1cc(Cl)ncc1Cl. The van der Waals surface area contributed by atoms with Gasteiger partial charge in [0.2, 0.25) is 0 Å². The average molecular weight is 276 g/mol. The summed E-state index contributed by atoms with van der Waals surface area (Å²) >= 11 is 11.6. The highest BCUT2D eigenvalue weighted by atomic mass is 35.5. The van der Waals surface area contributed by atoms with Crippen molar-refractivity contribution in [3.8, 4) is 0 Å². The van der Waals surface area contributed by atoms with E-state index in [-0.39, 0.29) is 21.8 Å². The van der Waals surface area contributed by atoms with Crippen molar-refractivity contribution in [1.82, 2.24) is 4.98 Å². The summed E-state index contributed by atoms with van der Waals surface area (Å²) in [5.74, 6) is 0.00162. The number of aromatic nitrogens is 1. The first kappa shape index (κ1) is 14.3. The van der Waals surface area contributed by atoms with Crippen LogP contribution in [0.2, 0.25) is 10.2 Å². The molecule has 0 aliphatic heterocycles. The number of hydrogen-bond donors (Lipinski definition) is 0. The molecule has 0 spiro atoms. The summed E-state index contributed by atoms with van der Waals surface area (Å²) in [7, 11) is 0. The molecule has 1 heterocycles. The Morgan fingerprint density at radius 3 is 2.65 bits per heavy atom. The van der Waals surface area contributed by atoms with Gasteiger partial charge in [-0.3, -0.25) is 0 Å². The zero-order valence-corrected chi connectivity index (χ0v) is 11.5. The number of hydrogen-bond acceptors (Lipinski definition) is 3. The molecule has 3 nitrogen and oxygen atoms in total. The molecule has 0 N–H and O–H groups in total. The number of carbonyl (C=O) groups excluding carboxylic acids is 1. The lowest BCUT2D eigenvalue weighted by Gasteiger charge is -2.15. The van der Waals surface area contributed by atoms with Crippen molar-refractivity contribution >= 4 is 29.2 Å². The Balaban J connectivity index is 2.73. The van der Waals surface area contributed by atoms with Gasteiger partial charge in [-0.25, -0.2) is 9.78 Å². The maximum absolute atomic E-state index is 11.8. The first-order valence-electron chi connectivity index (χ1n) is 5.42. The molecule has 0 saturated carbocycles. The highest BCUT2D eigenvalue weighted by Crippen LogP contribution is 2.20. The van der Waals surface area contributed by atoms with Gasteiger partial charge in [0, 0.05) is 6.20 Å². The molecule has 1 unspecified atom stereocenters. The van der Waals surface area contributed by atoms with Gasteiger partial charge in [0.05, 0.1) is 16.7 Å². The van der Waals surface area contributed by atoms with E-state index in [1.54, 1.807) is 0 Å². The van der Waals surface area contributed by atoms with Crippen molar-refractivity contribution in [2.45, 2.75) is 33.3 Å². The molecular formula is C12H15Cl2NO2. The van der Waals surface area contributed by atoms with E-state index in [0.717, 1.165) is 6.42 Å². The molecule has 1 rings (SSSR count). The molecule has 0 bridgehead atoms. The standard InChI is InChI=1S/C12H15Cl2NO2/c1-7(2)4-8(3)17-12(16)9-5-11(14)15-6-10(9)13/h5-8H,4H2,1-3H3. The summed E-state index contributed by atoms with van der Waals surface area (Å²) in [5, 5.41) is 0.467. The minimum absolute atomic E-state index is 0.148. The van der Waals surface area contributed by atoms with E-state index in [1.165, 1.54) is 12.3 Å². The van der Waals surface area contributed by atoms with Crippen LogP contribution in [0.3, 0.4) is 0 Å². The molecule has 1 aromatic heterocycles. The second-order valence-corrected chi connectivity index (χ2v) is 5.13. The molecule has 5 heteroatoms. The van der Waals surface area contributed by atoms with E-state index in [2.05, 4.69) is 18.8 Å². The van der Waals surface area contributed by atoms with Crippen molar-refractivity contribution in [1.29, 1.82) is 0 Å². The van der Waals surface area contributed by atoms with Gasteiger partial charge < -0.3 is 4.74 Å². The van der Waals surface area contributed by atoms with Crippen molar-refractivity contribution in [3.63, 3.8) is 0 Å². The van der Waals surface area contributed by atoms with E-state index in [1.807, 2.05) is 6.92 Å². The molecule has 17 heavy (non-hydrogen) atoms. The monoisotopic (exact) mass is 275 g/mol. The lowest BCUT2D eigenvalue weighted by molar-refractivity contribution is 0.0300. The topological polar surface area (TPSA) is 39.2 Å². The fourth-order valence-electron chi connectivity index (χ4n) is 1.53. The number of carbonyl (C=O) groups is 1. The smallest absolute Gasteiger partial charge is 0.340 e. The second kappa shape index (κ2) is 6.22. The van der Waals surface area contributed by atoms with E-state index in [0.29, 0.717) is 5.92 Å². The third-order valence-electron chi connectivity index (χ3n) is 2.15. The number of halogens is 2. The molecule has 0 aliphatic carbocycles. The van der Waals surface area contributed by atoms with Gasteiger partial charge in [0.25, 0.3) is 0 Å². The largest absolute Gasteiger partial charge is 0.459 e. The molecule has 0 saturated heterocycles. The molecular weight excluding hydrogens is 261 g/mol. The number of ether oxygens (including phenoxy) is 1. The maximum atomic E-state index is 11.8. The van der Waals surface area contributed by atoms with Crippen LogP contribution in [-0.2, 0) is 4.74 Å². The third-order valence-corrected chi connectivity index (χ3v) is 2.66. The lowest BCUT2D eigenvalue weighted by Crippen LogP contribution is -2.17. The fraction of sp³-hybridized carbons (Fsp3) is 0.500. The molecule has 94 valence electrons. The van der Waals surface area contributed by atoms with Crippen LogP contribution in [0.4, 0.5) is 0 Å². The Labute approximate surface area is 111 Å². The molecule has 0 radical (unpaired) electrons. The highest BCUT2D eigenvalue weighted by molar-refractivity contribution is 6.34. The molecule has 1 atom stereocenters. The van der Waals surface area contributed by atoms with E-state index < -0.39 is 5.97 Å². The van der Waals surface area contributed by atoms with E-state index >= 15 is 0 Å². The highest BCUT2D eigenvalue weighted by Gasteiger charge is 2.16. The van der Waals surface area contributed by atoms with Crippen molar-refractivity contribution < 1.29 is 9.53 Å². The summed E-state index contributed by atoms with van der Waals surface area (Å²) < 4.78 is 5.27. The Bertz CT molecular complexity index is 407. The Kier molecular flexibility index (Phi) is 5.22. The quantitative estimate of drug-likeness (QED) is 0.616. The zero-order valence-electron chi connectivity index (χ0n) is 10.0. The summed E-state index contributed by atoms with van der Waals surface area (Å²) in [4.78, 5) is 15.6. The summed E-state index contributed by atoms with van der Waals surface area (Å²) in [6.07, 6.45) is 2.00. The van der Waals surface area contributed by atoms with Crippen LogP contribution in [0.25, 0.3) is 0 Å². The van der Waals surface area contributed by atoms with Gasteiger partial charge >= 0.3 is 5.97 Å². The Hall–Kier alpha value is -0.800. The third kappa shape index (κ3) is 4.52. The predicted octanol–water partition coefficient (Wildman–Crippen LogP) is 3.98. The van der Waals surface area contributed by atoms with E-state index in [4.69, 9.17) is 27.9 Å². The van der Waals surface area contributed by atoms with Crippen LogP contribution in [0.1, 0.15) is 37.6 Å². The Morgan fingerprint density at radius 2 is 2.06 bits per heavy atom.